The van der Waals surface area contributed by atoms with Crippen LogP contribution in [-0.2, 0) is 0 Å². The Bertz CT molecular complexity index is 265. The van der Waals surface area contributed by atoms with E-state index in [0.29, 0.717) is 0 Å². The molecule has 0 aromatic rings. The van der Waals surface area contributed by atoms with Gasteiger partial charge in [-0.05, 0) is 50.6 Å². The average molecular weight is 268 g/mol. The highest BCUT2D eigenvalue weighted by Crippen LogP contribution is 2.38. The van der Waals surface area contributed by atoms with Gasteiger partial charge < -0.3 is 10.0 Å². The Labute approximate surface area is 119 Å². The fourth-order valence-corrected chi connectivity index (χ4v) is 4.20. The topological polar surface area (TPSA) is 26.7 Å². The number of aliphatic hydroxyl groups excluding tert-OH is 1. The SMILES string of the molecule is CC.CCN1CC(C2CCCN3CC(O)CCC23)C1. The van der Waals surface area contributed by atoms with Crippen molar-refractivity contribution in [3.05, 3.63) is 0 Å². The van der Waals surface area contributed by atoms with Gasteiger partial charge in [-0.25, -0.2) is 0 Å². The summed E-state index contributed by atoms with van der Waals surface area (Å²) in [4.78, 5) is 5.14. The van der Waals surface area contributed by atoms with Crippen molar-refractivity contribution in [2.24, 2.45) is 11.8 Å². The van der Waals surface area contributed by atoms with Gasteiger partial charge in [0.2, 0.25) is 0 Å². The van der Waals surface area contributed by atoms with Crippen molar-refractivity contribution in [1.29, 1.82) is 0 Å². The monoisotopic (exact) mass is 268 g/mol. The minimum absolute atomic E-state index is 0.0569. The number of hydrogen-bond acceptors (Lipinski definition) is 3. The molecule has 3 fully saturated rings. The van der Waals surface area contributed by atoms with Crippen LogP contribution in [0, 0.1) is 11.8 Å². The second-order valence-corrected chi connectivity index (χ2v) is 6.21. The van der Waals surface area contributed by atoms with Gasteiger partial charge in [-0.3, -0.25) is 4.90 Å². The molecule has 3 saturated heterocycles. The molecular formula is C16H32N2O. The summed E-state index contributed by atoms with van der Waals surface area (Å²) in [7, 11) is 0. The van der Waals surface area contributed by atoms with E-state index in [2.05, 4.69) is 16.7 Å². The molecule has 3 heteroatoms. The number of rotatable bonds is 2. The summed E-state index contributed by atoms with van der Waals surface area (Å²) in [6, 6.07) is 0.788. The van der Waals surface area contributed by atoms with Gasteiger partial charge in [-0.1, -0.05) is 20.8 Å². The molecule has 19 heavy (non-hydrogen) atoms. The molecule has 0 spiro atoms. The number of likely N-dealkylation sites (tertiary alicyclic amines) is 1. The zero-order chi connectivity index (χ0) is 13.8. The van der Waals surface area contributed by atoms with E-state index < -0.39 is 0 Å². The summed E-state index contributed by atoms with van der Waals surface area (Å²) in [5, 5.41) is 9.77. The molecule has 0 bridgehead atoms. The maximum absolute atomic E-state index is 9.77. The Hall–Kier alpha value is -0.120. The van der Waals surface area contributed by atoms with Crippen LogP contribution in [0.15, 0.2) is 0 Å². The van der Waals surface area contributed by atoms with Gasteiger partial charge in [0, 0.05) is 25.7 Å². The third kappa shape index (κ3) is 3.32. The lowest BCUT2D eigenvalue weighted by Crippen LogP contribution is -2.59. The Morgan fingerprint density at radius 3 is 2.47 bits per heavy atom. The van der Waals surface area contributed by atoms with Gasteiger partial charge in [0.25, 0.3) is 0 Å². The molecule has 1 N–H and O–H groups in total. The van der Waals surface area contributed by atoms with E-state index in [0.717, 1.165) is 30.8 Å². The van der Waals surface area contributed by atoms with Crippen molar-refractivity contribution in [1.82, 2.24) is 9.80 Å². The summed E-state index contributed by atoms with van der Waals surface area (Å²) in [6.45, 7) is 12.3. The first kappa shape index (κ1) is 15.3. The van der Waals surface area contributed by atoms with Crippen LogP contribution in [0.5, 0.6) is 0 Å². The molecule has 3 atom stereocenters. The number of fused-ring (bicyclic) bond motifs is 1. The van der Waals surface area contributed by atoms with E-state index >= 15 is 0 Å². The smallest absolute Gasteiger partial charge is 0.0667 e. The largest absolute Gasteiger partial charge is 0.392 e. The maximum atomic E-state index is 9.77. The fourth-order valence-electron chi connectivity index (χ4n) is 4.20. The van der Waals surface area contributed by atoms with Crippen molar-refractivity contribution in [3.63, 3.8) is 0 Å². The molecule has 3 heterocycles. The first-order chi connectivity index (χ1) is 9.28. The first-order valence-electron chi connectivity index (χ1n) is 8.42. The lowest BCUT2D eigenvalue weighted by Gasteiger charge is -2.52. The van der Waals surface area contributed by atoms with Crippen LogP contribution >= 0.6 is 0 Å². The number of hydrogen-bond donors (Lipinski definition) is 1. The van der Waals surface area contributed by atoms with Crippen LogP contribution in [0.1, 0.15) is 46.5 Å². The van der Waals surface area contributed by atoms with E-state index in [4.69, 9.17) is 0 Å². The molecule has 0 aliphatic carbocycles. The van der Waals surface area contributed by atoms with Crippen molar-refractivity contribution >= 4 is 0 Å². The van der Waals surface area contributed by atoms with E-state index in [1.165, 1.54) is 45.4 Å². The van der Waals surface area contributed by atoms with Gasteiger partial charge >= 0.3 is 0 Å². The maximum Gasteiger partial charge on any atom is 0.0667 e. The summed E-state index contributed by atoms with van der Waals surface area (Å²) in [5.74, 6) is 1.86. The van der Waals surface area contributed by atoms with Crippen molar-refractivity contribution in [2.75, 3.05) is 32.7 Å². The minimum atomic E-state index is -0.0569. The number of aliphatic hydroxyl groups is 1. The molecule has 0 aromatic heterocycles. The third-order valence-electron chi connectivity index (χ3n) is 5.23. The Morgan fingerprint density at radius 1 is 1.05 bits per heavy atom. The molecule has 3 aliphatic rings. The predicted molar refractivity (Wildman–Crippen MR) is 80.3 cm³/mol. The molecule has 0 radical (unpaired) electrons. The zero-order valence-electron chi connectivity index (χ0n) is 13.0. The highest BCUT2D eigenvalue weighted by atomic mass is 16.3. The molecule has 3 aliphatic heterocycles. The third-order valence-corrected chi connectivity index (χ3v) is 5.23. The van der Waals surface area contributed by atoms with E-state index in [9.17, 15) is 5.11 Å². The highest BCUT2D eigenvalue weighted by molar-refractivity contribution is 4.96. The summed E-state index contributed by atoms with van der Waals surface area (Å²) in [5.41, 5.74) is 0. The normalized spacial score (nSPS) is 36.9. The van der Waals surface area contributed by atoms with Crippen LogP contribution in [0.25, 0.3) is 0 Å². The van der Waals surface area contributed by atoms with Gasteiger partial charge in [-0.15, -0.1) is 0 Å². The molecule has 0 amide bonds. The average Bonchev–Trinajstić information content (AvgIpc) is 2.39. The van der Waals surface area contributed by atoms with Crippen LogP contribution in [0.2, 0.25) is 0 Å². The quantitative estimate of drug-likeness (QED) is 0.832. The van der Waals surface area contributed by atoms with Gasteiger partial charge in [-0.2, -0.15) is 0 Å². The predicted octanol–water partition coefficient (Wildman–Crippen LogP) is 2.20. The standard InChI is InChI=1S/C14H26N2O.C2H6/c1-2-15-8-11(9-15)13-4-3-7-16-10-12(17)5-6-14(13)16;1-2/h11-14,17H,2-10H2,1H3;1-2H3. The molecular weight excluding hydrogens is 236 g/mol. The second kappa shape index (κ2) is 7.05. The number of nitrogens with zero attached hydrogens (tertiary/aromatic N) is 2. The summed E-state index contributed by atoms with van der Waals surface area (Å²) < 4.78 is 0. The molecule has 0 aromatic carbocycles. The van der Waals surface area contributed by atoms with Crippen LogP contribution < -0.4 is 0 Å². The van der Waals surface area contributed by atoms with Gasteiger partial charge in [0.05, 0.1) is 6.10 Å². The Morgan fingerprint density at radius 2 is 1.79 bits per heavy atom. The molecule has 0 saturated carbocycles. The first-order valence-corrected chi connectivity index (χ1v) is 8.42. The number of piperidine rings is 2. The minimum Gasteiger partial charge on any atom is -0.392 e. The van der Waals surface area contributed by atoms with Crippen LogP contribution in [-0.4, -0.2) is 59.8 Å². The fraction of sp³-hybridized carbons (Fsp3) is 1.00. The molecule has 112 valence electrons. The lowest BCUT2D eigenvalue weighted by molar-refractivity contribution is -0.0523. The van der Waals surface area contributed by atoms with Gasteiger partial charge in [0.1, 0.15) is 0 Å². The highest BCUT2D eigenvalue weighted by Gasteiger charge is 2.42. The summed E-state index contributed by atoms with van der Waals surface area (Å²) >= 11 is 0. The Kier molecular flexibility index (Phi) is 5.67. The Balaban J connectivity index is 0.000000637. The van der Waals surface area contributed by atoms with Crippen molar-refractivity contribution < 1.29 is 5.11 Å². The van der Waals surface area contributed by atoms with Crippen molar-refractivity contribution in [3.8, 4) is 0 Å². The van der Waals surface area contributed by atoms with Crippen LogP contribution in [0.4, 0.5) is 0 Å². The second-order valence-electron chi connectivity index (χ2n) is 6.21. The zero-order valence-corrected chi connectivity index (χ0v) is 13.0. The van der Waals surface area contributed by atoms with E-state index in [1.807, 2.05) is 13.8 Å². The lowest BCUT2D eigenvalue weighted by atomic mass is 9.73. The summed E-state index contributed by atoms with van der Waals surface area (Å²) in [6.07, 6.45) is 4.98. The molecule has 3 rings (SSSR count). The van der Waals surface area contributed by atoms with E-state index in [1.54, 1.807) is 0 Å². The van der Waals surface area contributed by atoms with Gasteiger partial charge in [0.15, 0.2) is 0 Å². The molecule has 3 unspecified atom stereocenters. The molecule has 3 nitrogen and oxygen atoms in total. The van der Waals surface area contributed by atoms with E-state index in [-0.39, 0.29) is 6.10 Å². The van der Waals surface area contributed by atoms with Crippen LogP contribution in [0.3, 0.4) is 0 Å². The van der Waals surface area contributed by atoms with Crippen molar-refractivity contribution in [2.45, 2.75) is 58.6 Å².